The molecule has 1 aromatic rings. The molecule has 1 heterocycles. The van der Waals surface area contributed by atoms with Gasteiger partial charge in [-0.25, -0.2) is 4.98 Å². The first-order chi connectivity index (χ1) is 4.72. The van der Waals surface area contributed by atoms with Crippen LogP contribution in [0.15, 0.2) is 17.4 Å². The molecule has 0 saturated carbocycles. The van der Waals surface area contributed by atoms with Crippen molar-refractivity contribution in [1.82, 2.24) is 9.97 Å². The molecule has 3 heteroatoms. The Balaban J connectivity index is 3.32. The van der Waals surface area contributed by atoms with Crippen LogP contribution in [0.2, 0.25) is 0 Å². The molecule has 0 bridgehead atoms. The lowest BCUT2D eigenvalue weighted by atomic mass is 10.4. The van der Waals surface area contributed by atoms with Crippen LogP contribution in [0.5, 0.6) is 0 Å². The molecular weight excluding hydrogens is 128 g/mol. The number of hydrogen-bond donors (Lipinski definition) is 1. The number of nitrogens with one attached hydrogen (secondary N) is 1. The van der Waals surface area contributed by atoms with Gasteiger partial charge in [0, 0.05) is 6.07 Å². The Kier molecular flexibility index (Phi) is 1.67. The van der Waals surface area contributed by atoms with Gasteiger partial charge in [0.25, 0.3) is 5.56 Å². The van der Waals surface area contributed by atoms with Gasteiger partial charge in [-0.1, -0.05) is 6.58 Å². The molecule has 1 N–H and O–H groups in total. The van der Waals surface area contributed by atoms with Gasteiger partial charge in [0.2, 0.25) is 0 Å². The number of nitrogens with zero attached hydrogens (tertiary/aromatic N) is 1. The molecule has 0 aliphatic heterocycles. The quantitative estimate of drug-likeness (QED) is 0.618. The van der Waals surface area contributed by atoms with E-state index < -0.39 is 0 Å². The maximum Gasteiger partial charge on any atom is 0.251 e. The largest absolute Gasteiger partial charge is 0.311 e. The predicted octanol–water partition coefficient (Wildman–Crippen LogP) is 0.721. The molecule has 0 saturated heterocycles. The van der Waals surface area contributed by atoms with Gasteiger partial charge >= 0.3 is 0 Å². The van der Waals surface area contributed by atoms with Crippen LogP contribution in [0.4, 0.5) is 0 Å². The highest BCUT2D eigenvalue weighted by Crippen LogP contribution is 1.90. The second kappa shape index (κ2) is 2.47. The Bertz CT molecular complexity index is 301. The summed E-state index contributed by atoms with van der Waals surface area (Å²) in [5.41, 5.74) is 0.476. The summed E-state index contributed by atoms with van der Waals surface area (Å²) in [6, 6.07) is 1.40. The molecule has 0 atom stereocenters. The van der Waals surface area contributed by atoms with Crippen molar-refractivity contribution in [2.45, 2.75) is 6.92 Å². The van der Waals surface area contributed by atoms with E-state index in [0.717, 1.165) is 0 Å². The molecular formula is C7H8N2O. The second-order valence-electron chi connectivity index (χ2n) is 1.96. The number of H-pyrrole nitrogens is 1. The van der Waals surface area contributed by atoms with Gasteiger partial charge in [-0.15, -0.1) is 0 Å². The average Bonchev–Trinajstić information content (AvgIpc) is 1.85. The lowest BCUT2D eigenvalue weighted by Gasteiger charge is -1.92. The molecule has 52 valence electrons. The van der Waals surface area contributed by atoms with Crippen LogP contribution in [-0.4, -0.2) is 9.97 Å². The van der Waals surface area contributed by atoms with Crippen molar-refractivity contribution in [3.63, 3.8) is 0 Å². The lowest BCUT2D eigenvalue weighted by molar-refractivity contribution is 1.01. The zero-order valence-electron chi connectivity index (χ0n) is 5.72. The van der Waals surface area contributed by atoms with E-state index in [1.165, 1.54) is 6.07 Å². The summed E-state index contributed by atoms with van der Waals surface area (Å²) in [7, 11) is 0. The van der Waals surface area contributed by atoms with E-state index in [9.17, 15) is 4.79 Å². The summed E-state index contributed by atoms with van der Waals surface area (Å²) >= 11 is 0. The molecule has 0 amide bonds. The van der Waals surface area contributed by atoms with Gasteiger partial charge in [0.1, 0.15) is 5.82 Å². The highest BCUT2D eigenvalue weighted by atomic mass is 16.1. The number of aromatic nitrogens is 2. The first-order valence-corrected chi connectivity index (χ1v) is 2.93. The van der Waals surface area contributed by atoms with Crippen molar-refractivity contribution in [2.24, 2.45) is 0 Å². The predicted molar refractivity (Wildman–Crippen MR) is 39.7 cm³/mol. The third-order valence-corrected chi connectivity index (χ3v) is 1.09. The Morgan fingerprint density at radius 2 is 2.50 bits per heavy atom. The van der Waals surface area contributed by atoms with Gasteiger partial charge in [0.05, 0.1) is 5.69 Å². The van der Waals surface area contributed by atoms with Crippen molar-refractivity contribution >= 4 is 6.08 Å². The summed E-state index contributed by atoms with van der Waals surface area (Å²) in [5.74, 6) is 0.613. The van der Waals surface area contributed by atoms with E-state index in [4.69, 9.17) is 0 Å². The standard InChI is InChI=1S/C7H8N2O/c1-3-6-4-7(10)9-5(2)8-6/h3-4H,1H2,2H3,(H,8,9,10). The highest BCUT2D eigenvalue weighted by Gasteiger charge is 1.90. The summed E-state index contributed by atoms with van der Waals surface area (Å²) in [5, 5.41) is 0. The molecule has 0 aromatic carbocycles. The summed E-state index contributed by atoms with van der Waals surface area (Å²) in [6.45, 7) is 5.23. The Hall–Kier alpha value is -1.38. The number of hydrogen-bond acceptors (Lipinski definition) is 2. The summed E-state index contributed by atoms with van der Waals surface area (Å²) in [6.07, 6.45) is 1.54. The van der Waals surface area contributed by atoms with Crippen LogP contribution >= 0.6 is 0 Å². The minimum absolute atomic E-state index is 0.137. The maximum atomic E-state index is 10.7. The fraction of sp³-hybridized carbons (Fsp3) is 0.143. The van der Waals surface area contributed by atoms with Crippen LogP contribution in [0.3, 0.4) is 0 Å². The van der Waals surface area contributed by atoms with Crippen molar-refractivity contribution in [1.29, 1.82) is 0 Å². The van der Waals surface area contributed by atoms with E-state index in [1.54, 1.807) is 13.0 Å². The monoisotopic (exact) mass is 136 g/mol. The Labute approximate surface area is 58.4 Å². The minimum Gasteiger partial charge on any atom is -0.311 e. The van der Waals surface area contributed by atoms with Crippen molar-refractivity contribution in [3.8, 4) is 0 Å². The number of aryl methyl sites for hydroxylation is 1. The van der Waals surface area contributed by atoms with E-state index in [0.29, 0.717) is 11.5 Å². The molecule has 3 nitrogen and oxygen atoms in total. The maximum absolute atomic E-state index is 10.7. The molecule has 1 rings (SSSR count). The fourth-order valence-corrected chi connectivity index (χ4v) is 0.707. The molecule has 0 aliphatic rings. The molecule has 0 aliphatic carbocycles. The SMILES string of the molecule is C=Cc1cc(=O)[nH]c(C)n1. The topological polar surface area (TPSA) is 45.8 Å². The first-order valence-electron chi connectivity index (χ1n) is 2.93. The van der Waals surface area contributed by atoms with E-state index in [-0.39, 0.29) is 5.56 Å². The third-order valence-electron chi connectivity index (χ3n) is 1.09. The summed E-state index contributed by atoms with van der Waals surface area (Å²) < 4.78 is 0. The normalized spacial score (nSPS) is 9.30. The van der Waals surface area contributed by atoms with Gasteiger partial charge < -0.3 is 4.98 Å². The molecule has 0 fully saturated rings. The number of aromatic amines is 1. The van der Waals surface area contributed by atoms with Crippen LogP contribution in [0, 0.1) is 6.92 Å². The lowest BCUT2D eigenvalue weighted by Crippen LogP contribution is -2.08. The summed E-state index contributed by atoms with van der Waals surface area (Å²) in [4.78, 5) is 17.2. The highest BCUT2D eigenvalue weighted by molar-refractivity contribution is 5.40. The Morgan fingerprint density at radius 3 is 3.00 bits per heavy atom. The van der Waals surface area contributed by atoms with Crippen molar-refractivity contribution < 1.29 is 0 Å². The zero-order chi connectivity index (χ0) is 7.56. The van der Waals surface area contributed by atoms with Gasteiger partial charge in [0.15, 0.2) is 0 Å². The minimum atomic E-state index is -0.137. The number of rotatable bonds is 1. The third kappa shape index (κ3) is 1.31. The van der Waals surface area contributed by atoms with Crippen LogP contribution in [-0.2, 0) is 0 Å². The molecule has 1 aromatic heterocycles. The molecule has 0 spiro atoms. The molecule has 0 radical (unpaired) electrons. The average molecular weight is 136 g/mol. The molecule has 10 heavy (non-hydrogen) atoms. The molecule has 0 unspecified atom stereocenters. The van der Waals surface area contributed by atoms with E-state index in [2.05, 4.69) is 16.5 Å². The fourth-order valence-electron chi connectivity index (χ4n) is 0.707. The van der Waals surface area contributed by atoms with Crippen LogP contribution in [0.1, 0.15) is 11.5 Å². The van der Waals surface area contributed by atoms with Crippen LogP contribution in [0.25, 0.3) is 6.08 Å². The second-order valence-corrected chi connectivity index (χ2v) is 1.96. The van der Waals surface area contributed by atoms with Crippen LogP contribution < -0.4 is 5.56 Å². The zero-order valence-corrected chi connectivity index (χ0v) is 5.72. The van der Waals surface area contributed by atoms with Gasteiger partial charge in [-0.05, 0) is 13.0 Å². The Morgan fingerprint density at radius 1 is 1.80 bits per heavy atom. The smallest absolute Gasteiger partial charge is 0.251 e. The van der Waals surface area contributed by atoms with Crippen molar-refractivity contribution in [3.05, 3.63) is 34.5 Å². The first kappa shape index (κ1) is 6.74. The van der Waals surface area contributed by atoms with E-state index >= 15 is 0 Å². The van der Waals surface area contributed by atoms with E-state index in [1.807, 2.05) is 0 Å². The van der Waals surface area contributed by atoms with Gasteiger partial charge in [-0.2, -0.15) is 0 Å². The van der Waals surface area contributed by atoms with Crippen molar-refractivity contribution in [2.75, 3.05) is 0 Å². The van der Waals surface area contributed by atoms with Gasteiger partial charge in [-0.3, -0.25) is 4.79 Å².